The Hall–Kier alpha value is -2.13. The van der Waals surface area contributed by atoms with Crippen LogP contribution in [0.1, 0.15) is 69.3 Å². The van der Waals surface area contributed by atoms with Gasteiger partial charge in [-0.3, -0.25) is 4.79 Å². The molecule has 1 rings (SSSR count). The lowest BCUT2D eigenvalue weighted by atomic mass is 10.0. The average molecular weight is 356 g/mol. The second-order valence-corrected chi connectivity index (χ2v) is 7.00. The maximum atomic E-state index is 11.8. The predicted octanol–water partition coefficient (Wildman–Crippen LogP) is 5.28. The molecule has 1 amide bonds. The smallest absolute Gasteiger partial charge is 0.251 e. The van der Waals surface area contributed by atoms with Gasteiger partial charge in [0.2, 0.25) is 0 Å². The largest absolute Gasteiger partial charge is 0.395 e. The molecule has 0 unspecified atom stereocenters. The van der Waals surface area contributed by atoms with Gasteiger partial charge in [-0.15, -0.1) is 0 Å². The van der Waals surface area contributed by atoms with Gasteiger partial charge < -0.3 is 10.4 Å². The zero-order valence-electron chi connectivity index (χ0n) is 16.6. The molecule has 0 aliphatic carbocycles. The standard InChI is InChI=1S/C23H33NO2/c1-18(2)7-5-8-19(3)9-6-10-20(4)17-21-11-13-22(14-12-21)23(26)24-15-16-25/h7,9,11-14,17,25H,5-6,8,10,15-16H2,1-4H3,(H,24,26). The molecule has 0 aliphatic heterocycles. The van der Waals surface area contributed by atoms with Gasteiger partial charge in [0, 0.05) is 12.1 Å². The summed E-state index contributed by atoms with van der Waals surface area (Å²) in [6, 6.07) is 7.55. The lowest BCUT2D eigenvalue weighted by molar-refractivity contribution is 0.0945. The van der Waals surface area contributed by atoms with Gasteiger partial charge in [-0.2, -0.15) is 0 Å². The Morgan fingerprint density at radius 2 is 1.58 bits per heavy atom. The number of rotatable bonds is 10. The quantitative estimate of drug-likeness (QED) is 0.561. The molecule has 1 aromatic rings. The molecule has 0 fully saturated rings. The molecule has 0 spiro atoms. The van der Waals surface area contributed by atoms with Crippen molar-refractivity contribution in [2.75, 3.05) is 13.2 Å². The van der Waals surface area contributed by atoms with Crippen molar-refractivity contribution in [3.05, 3.63) is 64.3 Å². The Morgan fingerprint density at radius 3 is 2.19 bits per heavy atom. The maximum absolute atomic E-state index is 11.8. The van der Waals surface area contributed by atoms with E-state index in [9.17, 15) is 4.79 Å². The van der Waals surface area contributed by atoms with Crippen LogP contribution in [-0.2, 0) is 0 Å². The van der Waals surface area contributed by atoms with Crippen molar-refractivity contribution in [3.8, 4) is 0 Å². The number of carbonyl (C=O) groups excluding carboxylic acids is 1. The second-order valence-electron chi connectivity index (χ2n) is 7.00. The van der Waals surface area contributed by atoms with Gasteiger partial charge in [0.1, 0.15) is 0 Å². The minimum Gasteiger partial charge on any atom is -0.395 e. The first kappa shape index (κ1) is 21.9. The molecular formula is C23H33NO2. The summed E-state index contributed by atoms with van der Waals surface area (Å²) in [5.41, 5.74) is 5.88. The highest BCUT2D eigenvalue weighted by Crippen LogP contribution is 2.15. The number of aliphatic hydroxyl groups is 1. The van der Waals surface area contributed by atoms with Crippen molar-refractivity contribution in [2.24, 2.45) is 0 Å². The van der Waals surface area contributed by atoms with Gasteiger partial charge in [-0.25, -0.2) is 0 Å². The van der Waals surface area contributed by atoms with E-state index in [1.807, 2.05) is 24.3 Å². The Bertz CT molecular complexity index is 647. The minimum atomic E-state index is -0.153. The topological polar surface area (TPSA) is 49.3 Å². The zero-order valence-corrected chi connectivity index (χ0v) is 16.6. The van der Waals surface area contributed by atoms with E-state index in [-0.39, 0.29) is 19.1 Å². The molecule has 3 nitrogen and oxygen atoms in total. The van der Waals surface area contributed by atoms with Gasteiger partial charge in [0.25, 0.3) is 5.91 Å². The van der Waals surface area contributed by atoms with Crippen molar-refractivity contribution < 1.29 is 9.90 Å². The number of nitrogens with one attached hydrogen (secondary N) is 1. The number of carbonyl (C=O) groups is 1. The Morgan fingerprint density at radius 1 is 0.962 bits per heavy atom. The fourth-order valence-electron chi connectivity index (χ4n) is 2.60. The van der Waals surface area contributed by atoms with Crippen LogP contribution in [0.2, 0.25) is 0 Å². The number of benzene rings is 1. The van der Waals surface area contributed by atoms with Crippen LogP contribution < -0.4 is 5.32 Å². The number of hydrogen-bond acceptors (Lipinski definition) is 2. The molecule has 0 bridgehead atoms. The third-order valence-electron chi connectivity index (χ3n) is 4.11. The summed E-state index contributed by atoms with van der Waals surface area (Å²) >= 11 is 0. The molecule has 0 aromatic heterocycles. The van der Waals surface area contributed by atoms with E-state index in [1.54, 1.807) is 0 Å². The highest BCUT2D eigenvalue weighted by molar-refractivity contribution is 5.94. The summed E-state index contributed by atoms with van der Waals surface area (Å²) in [6.07, 6.45) is 11.2. The molecule has 0 heterocycles. The summed E-state index contributed by atoms with van der Waals surface area (Å²) < 4.78 is 0. The van der Waals surface area contributed by atoms with Crippen LogP contribution in [0.25, 0.3) is 6.08 Å². The van der Waals surface area contributed by atoms with Gasteiger partial charge >= 0.3 is 0 Å². The molecule has 0 atom stereocenters. The molecule has 142 valence electrons. The fraction of sp³-hybridized carbons (Fsp3) is 0.435. The zero-order chi connectivity index (χ0) is 19.4. The number of allylic oxidation sites excluding steroid dienone is 5. The summed E-state index contributed by atoms with van der Waals surface area (Å²) in [6.45, 7) is 8.87. The van der Waals surface area contributed by atoms with E-state index in [2.05, 4.69) is 51.2 Å². The Balaban J connectivity index is 2.49. The normalized spacial score (nSPS) is 12.0. The van der Waals surface area contributed by atoms with Gasteiger partial charge in [0.15, 0.2) is 0 Å². The first-order valence-corrected chi connectivity index (χ1v) is 9.37. The summed E-state index contributed by atoms with van der Waals surface area (Å²) in [7, 11) is 0. The van der Waals surface area contributed by atoms with Crippen molar-refractivity contribution in [3.63, 3.8) is 0 Å². The van der Waals surface area contributed by atoms with E-state index in [4.69, 9.17) is 5.11 Å². The number of amides is 1. The number of hydrogen-bond donors (Lipinski definition) is 2. The van der Waals surface area contributed by atoms with Crippen LogP contribution in [0.3, 0.4) is 0 Å². The summed E-state index contributed by atoms with van der Waals surface area (Å²) in [5.74, 6) is -0.153. The molecule has 2 N–H and O–H groups in total. The summed E-state index contributed by atoms with van der Waals surface area (Å²) in [5, 5.41) is 11.4. The van der Waals surface area contributed by atoms with E-state index >= 15 is 0 Å². The molecule has 0 saturated carbocycles. The second kappa shape index (κ2) is 12.3. The molecule has 0 radical (unpaired) electrons. The van der Waals surface area contributed by atoms with Crippen molar-refractivity contribution in [1.82, 2.24) is 5.32 Å². The van der Waals surface area contributed by atoms with E-state index in [1.165, 1.54) is 16.7 Å². The van der Waals surface area contributed by atoms with Crippen LogP contribution >= 0.6 is 0 Å². The fourth-order valence-corrected chi connectivity index (χ4v) is 2.60. The summed E-state index contributed by atoms with van der Waals surface area (Å²) in [4.78, 5) is 11.8. The van der Waals surface area contributed by atoms with E-state index in [0.29, 0.717) is 5.56 Å². The van der Waals surface area contributed by atoms with Gasteiger partial charge in [0.05, 0.1) is 6.61 Å². The molecular weight excluding hydrogens is 322 g/mol. The first-order chi connectivity index (χ1) is 12.4. The van der Waals surface area contributed by atoms with Crippen LogP contribution in [0.15, 0.2) is 53.1 Å². The highest BCUT2D eigenvalue weighted by atomic mass is 16.3. The van der Waals surface area contributed by atoms with E-state index in [0.717, 1.165) is 31.2 Å². The van der Waals surface area contributed by atoms with Crippen molar-refractivity contribution in [2.45, 2.75) is 53.4 Å². The third-order valence-corrected chi connectivity index (χ3v) is 4.11. The Kier molecular flexibility index (Phi) is 10.3. The maximum Gasteiger partial charge on any atom is 0.251 e. The molecule has 0 saturated heterocycles. The molecule has 26 heavy (non-hydrogen) atoms. The number of aliphatic hydroxyl groups excluding tert-OH is 1. The highest BCUT2D eigenvalue weighted by Gasteiger charge is 2.03. The monoisotopic (exact) mass is 355 g/mol. The average Bonchev–Trinajstić information content (AvgIpc) is 2.60. The predicted molar refractivity (Wildman–Crippen MR) is 111 cm³/mol. The Labute approximate surface area is 158 Å². The van der Waals surface area contributed by atoms with E-state index < -0.39 is 0 Å². The molecule has 0 aliphatic rings. The van der Waals surface area contributed by atoms with Crippen molar-refractivity contribution >= 4 is 12.0 Å². The minimum absolute atomic E-state index is 0.0470. The van der Waals surface area contributed by atoms with Crippen molar-refractivity contribution in [1.29, 1.82) is 0 Å². The van der Waals surface area contributed by atoms with Gasteiger partial charge in [-0.05, 0) is 71.1 Å². The lowest BCUT2D eigenvalue weighted by Crippen LogP contribution is -2.26. The van der Waals surface area contributed by atoms with Gasteiger partial charge in [-0.1, -0.05) is 47.1 Å². The molecule has 3 heteroatoms. The lowest BCUT2D eigenvalue weighted by Gasteiger charge is -2.04. The molecule has 1 aromatic carbocycles. The van der Waals surface area contributed by atoms with Crippen LogP contribution in [-0.4, -0.2) is 24.2 Å². The van der Waals surface area contributed by atoms with Crippen LogP contribution in [0.4, 0.5) is 0 Å². The van der Waals surface area contributed by atoms with Crippen LogP contribution in [0.5, 0.6) is 0 Å². The van der Waals surface area contributed by atoms with Crippen LogP contribution in [0, 0.1) is 0 Å². The first-order valence-electron chi connectivity index (χ1n) is 9.37. The SMILES string of the molecule is CC(C)=CCCC(C)=CCCC(C)=Cc1ccc(C(=O)NCCO)cc1. The third kappa shape index (κ3) is 9.38.